The largest absolute Gasteiger partial charge is 0.480 e. The van der Waals surface area contributed by atoms with Gasteiger partial charge in [0.25, 0.3) is 0 Å². The maximum Gasteiger partial charge on any atom is 0.326 e. The number of carboxylic acids is 1. The van der Waals surface area contributed by atoms with Crippen LogP contribution in [0, 0.1) is 5.92 Å². The van der Waals surface area contributed by atoms with Gasteiger partial charge in [0, 0.05) is 66.7 Å². The van der Waals surface area contributed by atoms with Crippen LogP contribution in [-0.4, -0.2) is 148 Å². The Hall–Kier alpha value is -8.22. The number of carboxylic acid groups (broad SMARTS) is 1. The quantitative estimate of drug-likeness (QED) is 0.0175. The highest BCUT2D eigenvalue weighted by Crippen LogP contribution is 2.24. The first kappa shape index (κ1) is 60.6. The molecule has 0 bridgehead atoms. The van der Waals surface area contributed by atoms with Crippen molar-refractivity contribution in [3.05, 3.63) is 72.1 Å². The highest BCUT2D eigenvalue weighted by Gasteiger charge is 2.40. The van der Waals surface area contributed by atoms with Crippen LogP contribution in [-0.2, 0) is 51.2 Å². The molecule has 25 heteroatoms. The molecule has 424 valence electrons. The number of unbranched alkanes of at least 4 members (excludes halogenated alkanes) is 1. The summed E-state index contributed by atoms with van der Waals surface area (Å²) in [6.07, 6.45) is 6.66. The topological polar surface area (TPSA) is 419 Å². The van der Waals surface area contributed by atoms with Gasteiger partial charge in [0.05, 0.1) is 12.6 Å². The number of carbonyl (C=O) groups is 8. The van der Waals surface area contributed by atoms with Crippen LogP contribution in [0.1, 0.15) is 96.1 Å². The van der Waals surface area contributed by atoms with E-state index in [1.54, 1.807) is 32.3 Å². The molecule has 2 aromatic carbocycles. The molecule has 1 aliphatic heterocycles. The summed E-state index contributed by atoms with van der Waals surface area (Å²) < 4.78 is 0. The highest BCUT2D eigenvalue weighted by atomic mass is 16.4. The maximum atomic E-state index is 14.6. The number of nitrogens with one attached hydrogen (secondary N) is 8. The van der Waals surface area contributed by atoms with Gasteiger partial charge < -0.3 is 80.5 Å². The number of hydrogen-bond acceptors (Lipinski definition) is 11. The van der Waals surface area contributed by atoms with E-state index in [4.69, 9.17) is 28.7 Å². The number of nitrogens with two attached hydrogens (primary N) is 5. The zero-order valence-electron chi connectivity index (χ0n) is 44.6. The predicted molar refractivity (Wildman–Crippen MR) is 296 cm³/mol. The molecule has 5 rings (SSSR count). The summed E-state index contributed by atoms with van der Waals surface area (Å²) in [5, 5.41) is 27.6. The molecule has 7 atom stereocenters. The summed E-state index contributed by atoms with van der Waals surface area (Å²) in [4.78, 5) is 126. The van der Waals surface area contributed by atoms with Crippen molar-refractivity contribution >= 4 is 81.0 Å². The molecule has 2 aromatic heterocycles. The number of likely N-dealkylation sites (tertiary alicyclic amines) is 1. The molecule has 3 heterocycles. The minimum atomic E-state index is -1.34. The monoisotopic (exact) mass is 1080 g/mol. The summed E-state index contributed by atoms with van der Waals surface area (Å²) in [6, 6.07) is 6.71. The van der Waals surface area contributed by atoms with Crippen molar-refractivity contribution in [3.63, 3.8) is 0 Å². The van der Waals surface area contributed by atoms with Gasteiger partial charge in [-0.1, -0.05) is 70.0 Å². The summed E-state index contributed by atoms with van der Waals surface area (Å²) in [6.45, 7) is 5.30. The number of para-hydroxylation sites is 2. The van der Waals surface area contributed by atoms with Crippen molar-refractivity contribution in [2.45, 2.75) is 140 Å². The van der Waals surface area contributed by atoms with Crippen molar-refractivity contribution in [3.8, 4) is 0 Å². The third-order valence-electron chi connectivity index (χ3n) is 13.4. The molecule has 7 amide bonds. The van der Waals surface area contributed by atoms with Gasteiger partial charge in [-0.3, -0.25) is 43.5 Å². The van der Waals surface area contributed by atoms with Crippen LogP contribution >= 0.6 is 0 Å². The number of carbonyl (C=O) groups excluding carboxylic acids is 7. The molecule has 0 saturated carbocycles. The lowest BCUT2D eigenvalue weighted by molar-refractivity contribution is -0.142. The first-order valence-electron chi connectivity index (χ1n) is 26.5. The standard InChI is InChI=1S/C53H78N16O9/c1-4-5-15-35(54)45(71)67-41(26-32-28-62-37-17-9-7-14-34(32)37)50(76)69-23-12-20-43(69)49(75)66-38(18-10-21-59-52(55)56)46(72)63-29-44(70)64-40(25-31-27-61-36-16-8-6-13-33(31)36)48(74)65-39(19-11-22-60-53(57)58)47(73)68-42(51(77)78)24-30(2)3/h6-9,13-14,16-17,27-28,30,35,38-43,61-62H,4-5,10-12,15,18-26,29,54H2,1-3H3,(H,63,72)(H,64,70)(H,65,74)(H,66,75)(H,67,71)(H,68,73)(H,77,78)(H4,55,56,59)(H4,57,58,60)/t35-,38-,39-,40-,41-,42-,43-/m0/s1. The van der Waals surface area contributed by atoms with Crippen LogP contribution in [0.15, 0.2) is 70.9 Å². The second-order valence-corrected chi connectivity index (χ2v) is 20.0. The van der Waals surface area contributed by atoms with E-state index in [1.165, 1.54) is 4.90 Å². The number of fused-ring (bicyclic) bond motifs is 2. The maximum absolute atomic E-state index is 14.6. The van der Waals surface area contributed by atoms with E-state index in [0.717, 1.165) is 33.8 Å². The summed E-state index contributed by atoms with van der Waals surface area (Å²) in [7, 11) is 0. The molecular formula is C53H78N16O9. The Bertz CT molecular complexity index is 2770. The Balaban J connectivity index is 1.34. The number of aromatic nitrogens is 2. The molecule has 0 spiro atoms. The highest BCUT2D eigenvalue weighted by molar-refractivity contribution is 5.98. The first-order valence-corrected chi connectivity index (χ1v) is 26.5. The van der Waals surface area contributed by atoms with Crippen LogP contribution in [0.3, 0.4) is 0 Å². The number of amides is 7. The number of guanidine groups is 2. The minimum absolute atomic E-state index is 0.00364. The van der Waals surface area contributed by atoms with Gasteiger partial charge in [-0.2, -0.15) is 0 Å². The summed E-state index contributed by atoms with van der Waals surface area (Å²) in [5.74, 6) is -6.50. The van der Waals surface area contributed by atoms with Crippen molar-refractivity contribution < 1.29 is 43.5 Å². The number of aliphatic imine (C=N–C) groups is 2. The van der Waals surface area contributed by atoms with Crippen LogP contribution in [0.4, 0.5) is 0 Å². The summed E-state index contributed by atoms with van der Waals surface area (Å²) in [5.41, 5.74) is 31.4. The third kappa shape index (κ3) is 18.2. The Morgan fingerprint density at radius 3 is 1.74 bits per heavy atom. The number of aromatic amines is 2. The van der Waals surface area contributed by atoms with E-state index >= 15 is 0 Å². The van der Waals surface area contributed by atoms with Crippen molar-refractivity contribution in [2.24, 2.45) is 44.6 Å². The molecule has 0 aliphatic carbocycles. The lowest BCUT2D eigenvalue weighted by Crippen LogP contribution is -2.58. The number of H-pyrrole nitrogens is 2. The van der Waals surface area contributed by atoms with Crippen LogP contribution in [0.2, 0.25) is 0 Å². The SMILES string of the molecule is CCCC[C@H](N)C(=O)N[C@@H](Cc1c[nH]c2ccccc12)C(=O)N1CCC[C@H]1C(=O)N[C@@H](CCCN=C(N)N)C(=O)NCC(=O)N[C@@H](Cc1c[nH]c2ccccc12)C(=O)N[C@@H](CCCN=C(N)N)C(=O)N[C@@H](CC(C)C)C(=O)O. The number of rotatable bonds is 31. The molecule has 0 radical (unpaired) electrons. The zero-order chi connectivity index (χ0) is 56.9. The van der Waals surface area contributed by atoms with Crippen molar-refractivity contribution in [2.75, 3.05) is 26.2 Å². The molecule has 19 N–H and O–H groups in total. The van der Waals surface area contributed by atoms with Gasteiger partial charge in [-0.15, -0.1) is 0 Å². The lowest BCUT2D eigenvalue weighted by atomic mass is 10.0. The summed E-state index contributed by atoms with van der Waals surface area (Å²) >= 11 is 0. The molecular weight excluding hydrogens is 1000 g/mol. The molecule has 78 heavy (non-hydrogen) atoms. The molecule has 25 nitrogen and oxygen atoms in total. The Kier molecular flexibility index (Phi) is 23.3. The van der Waals surface area contributed by atoms with Gasteiger partial charge in [0.1, 0.15) is 36.3 Å². The molecule has 1 fully saturated rings. The van der Waals surface area contributed by atoms with E-state index in [2.05, 4.69) is 51.9 Å². The van der Waals surface area contributed by atoms with Crippen LogP contribution < -0.4 is 60.6 Å². The van der Waals surface area contributed by atoms with E-state index in [-0.39, 0.29) is 88.8 Å². The second kappa shape index (κ2) is 29.9. The molecule has 1 aliphatic rings. The van der Waals surface area contributed by atoms with Crippen molar-refractivity contribution in [1.29, 1.82) is 0 Å². The van der Waals surface area contributed by atoms with Gasteiger partial charge in [0.2, 0.25) is 41.4 Å². The van der Waals surface area contributed by atoms with Gasteiger partial charge >= 0.3 is 5.97 Å². The van der Waals surface area contributed by atoms with Gasteiger partial charge in [-0.05, 0) is 80.5 Å². The fourth-order valence-corrected chi connectivity index (χ4v) is 9.37. The zero-order valence-corrected chi connectivity index (χ0v) is 44.6. The lowest BCUT2D eigenvalue weighted by Gasteiger charge is -2.30. The Morgan fingerprint density at radius 2 is 1.19 bits per heavy atom. The number of aliphatic carboxylic acids is 1. The van der Waals surface area contributed by atoms with Crippen molar-refractivity contribution in [1.82, 2.24) is 46.8 Å². The average molecular weight is 1080 g/mol. The van der Waals surface area contributed by atoms with Gasteiger partial charge in [-0.25, -0.2) is 4.79 Å². The normalized spacial score (nSPS) is 15.5. The average Bonchev–Trinajstić information content (AvgIpc) is 4.19. The Morgan fingerprint density at radius 1 is 0.667 bits per heavy atom. The van der Waals surface area contributed by atoms with E-state index < -0.39 is 96.2 Å². The number of hydrogen-bond donors (Lipinski definition) is 14. The first-order chi connectivity index (χ1) is 37.3. The van der Waals surface area contributed by atoms with Gasteiger partial charge in [0.15, 0.2) is 11.9 Å². The fraction of sp³-hybridized carbons (Fsp3) is 0.509. The fourth-order valence-electron chi connectivity index (χ4n) is 9.37. The molecule has 0 unspecified atom stereocenters. The van der Waals surface area contributed by atoms with E-state index in [0.29, 0.717) is 24.8 Å². The van der Waals surface area contributed by atoms with E-state index in [9.17, 15) is 43.5 Å². The second-order valence-electron chi connectivity index (χ2n) is 20.0. The Labute approximate surface area is 452 Å². The predicted octanol–water partition coefficient (Wildman–Crippen LogP) is -0.279. The van der Waals surface area contributed by atoms with E-state index in [1.807, 2.05) is 49.4 Å². The number of benzene rings is 2. The third-order valence-corrected chi connectivity index (χ3v) is 13.4. The minimum Gasteiger partial charge on any atom is -0.480 e. The molecule has 4 aromatic rings. The smallest absolute Gasteiger partial charge is 0.326 e. The molecule has 1 saturated heterocycles. The van der Waals surface area contributed by atoms with Crippen LogP contribution in [0.5, 0.6) is 0 Å². The number of nitrogens with zero attached hydrogens (tertiary/aromatic N) is 3. The van der Waals surface area contributed by atoms with Crippen LogP contribution in [0.25, 0.3) is 21.8 Å².